The molecule has 2 aromatic rings. The lowest BCUT2D eigenvalue weighted by molar-refractivity contribution is 0.630. The van der Waals surface area contributed by atoms with E-state index in [-0.39, 0.29) is 5.82 Å². The van der Waals surface area contributed by atoms with E-state index < -0.39 is 0 Å². The van der Waals surface area contributed by atoms with Crippen LogP contribution >= 0.6 is 22.9 Å². The third-order valence-corrected chi connectivity index (χ3v) is 3.08. The Morgan fingerprint density at radius 2 is 2.20 bits per heavy atom. The van der Waals surface area contributed by atoms with E-state index in [0.717, 1.165) is 0 Å². The van der Waals surface area contributed by atoms with Gasteiger partial charge in [-0.3, -0.25) is 0 Å². The molecule has 0 aliphatic carbocycles. The van der Waals surface area contributed by atoms with E-state index in [1.165, 1.54) is 10.9 Å². The fraction of sp³-hybridized carbons (Fsp3) is 0.0909. The molecule has 0 atom stereocenters. The van der Waals surface area contributed by atoms with Crippen LogP contribution in [0.5, 0.6) is 0 Å². The van der Waals surface area contributed by atoms with Crippen LogP contribution in [0.1, 0.15) is 4.88 Å². The van der Waals surface area contributed by atoms with Crippen LogP contribution in [0.4, 0.5) is 10.1 Å². The fourth-order valence-electron chi connectivity index (χ4n) is 1.23. The van der Waals surface area contributed by atoms with Crippen molar-refractivity contribution in [2.45, 2.75) is 6.54 Å². The Bertz CT molecular complexity index is 442. The van der Waals surface area contributed by atoms with Gasteiger partial charge in [0.1, 0.15) is 5.82 Å². The van der Waals surface area contributed by atoms with Gasteiger partial charge in [-0.05, 0) is 29.6 Å². The summed E-state index contributed by atoms with van der Waals surface area (Å²) in [7, 11) is 0. The van der Waals surface area contributed by atoms with Gasteiger partial charge in [-0.1, -0.05) is 17.7 Å². The lowest BCUT2D eigenvalue weighted by atomic mass is 10.3. The van der Waals surface area contributed by atoms with E-state index in [9.17, 15) is 4.39 Å². The van der Waals surface area contributed by atoms with Crippen LogP contribution in [-0.2, 0) is 6.54 Å². The lowest BCUT2D eigenvalue weighted by Gasteiger charge is -2.05. The monoisotopic (exact) mass is 241 g/mol. The zero-order valence-electron chi connectivity index (χ0n) is 7.84. The van der Waals surface area contributed by atoms with Crippen molar-refractivity contribution < 1.29 is 4.39 Å². The van der Waals surface area contributed by atoms with Crippen molar-refractivity contribution in [2.75, 3.05) is 5.32 Å². The summed E-state index contributed by atoms with van der Waals surface area (Å²) in [5.41, 5.74) is 0.479. The molecule has 0 bridgehead atoms. The van der Waals surface area contributed by atoms with Crippen LogP contribution in [0, 0.1) is 5.82 Å². The van der Waals surface area contributed by atoms with Gasteiger partial charge in [0.05, 0.1) is 5.69 Å². The third-order valence-electron chi connectivity index (χ3n) is 1.96. The highest BCUT2D eigenvalue weighted by Gasteiger charge is 2.02. The molecule has 1 heterocycles. The standard InChI is InChI=1S/C11H9ClFNS/c12-8-3-4-11(10(13)6-8)14-7-9-2-1-5-15-9/h1-6,14H,7H2. The molecule has 1 aromatic heterocycles. The highest BCUT2D eigenvalue weighted by Crippen LogP contribution is 2.20. The first-order chi connectivity index (χ1) is 7.25. The van der Waals surface area contributed by atoms with E-state index >= 15 is 0 Å². The maximum atomic E-state index is 13.3. The van der Waals surface area contributed by atoms with Crippen molar-refractivity contribution in [1.29, 1.82) is 0 Å². The summed E-state index contributed by atoms with van der Waals surface area (Å²) >= 11 is 7.29. The molecule has 15 heavy (non-hydrogen) atoms. The molecule has 0 radical (unpaired) electrons. The van der Waals surface area contributed by atoms with Crippen molar-refractivity contribution in [3.8, 4) is 0 Å². The molecule has 1 nitrogen and oxygen atoms in total. The Kier molecular flexibility index (Phi) is 3.23. The Balaban J connectivity index is 2.05. The van der Waals surface area contributed by atoms with Crippen LogP contribution in [0.2, 0.25) is 5.02 Å². The minimum absolute atomic E-state index is 0.320. The second kappa shape index (κ2) is 4.64. The number of thiophene rings is 1. The Morgan fingerprint density at radius 1 is 1.33 bits per heavy atom. The van der Waals surface area contributed by atoms with Gasteiger partial charge >= 0.3 is 0 Å². The van der Waals surface area contributed by atoms with Crippen LogP contribution in [0.3, 0.4) is 0 Å². The summed E-state index contributed by atoms with van der Waals surface area (Å²) in [6.07, 6.45) is 0. The second-order valence-electron chi connectivity index (χ2n) is 3.06. The van der Waals surface area contributed by atoms with E-state index in [1.807, 2.05) is 17.5 Å². The zero-order chi connectivity index (χ0) is 10.7. The van der Waals surface area contributed by atoms with Gasteiger partial charge in [0, 0.05) is 16.4 Å². The maximum absolute atomic E-state index is 13.3. The highest BCUT2D eigenvalue weighted by molar-refractivity contribution is 7.09. The van der Waals surface area contributed by atoms with Crippen molar-refractivity contribution >= 4 is 28.6 Å². The molecule has 0 amide bonds. The zero-order valence-corrected chi connectivity index (χ0v) is 9.41. The maximum Gasteiger partial charge on any atom is 0.147 e. The largest absolute Gasteiger partial charge is 0.378 e. The van der Waals surface area contributed by atoms with Gasteiger partial charge in [0.15, 0.2) is 0 Å². The van der Waals surface area contributed by atoms with Gasteiger partial charge in [-0.2, -0.15) is 0 Å². The quantitative estimate of drug-likeness (QED) is 0.851. The first-order valence-corrected chi connectivity index (χ1v) is 5.73. The Morgan fingerprint density at radius 3 is 2.87 bits per heavy atom. The minimum atomic E-state index is -0.320. The smallest absolute Gasteiger partial charge is 0.147 e. The van der Waals surface area contributed by atoms with Crippen molar-refractivity contribution in [1.82, 2.24) is 0 Å². The van der Waals surface area contributed by atoms with Gasteiger partial charge in [0.2, 0.25) is 0 Å². The average Bonchev–Trinajstić information content (AvgIpc) is 2.69. The van der Waals surface area contributed by atoms with E-state index in [2.05, 4.69) is 5.32 Å². The predicted octanol–water partition coefficient (Wildman–Crippen LogP) is 4.15. The topological polar surface area (TPSA) is 12.0 Å². The molecule has 0 spiro atoms. The molecule has 78 valence electrons. The van der Waals surface area contributed by atoms with Crippen LogP contribution in [0.25, 0.3) is 0 Å². The molecule has 1 aromatic carbocycles. The third kappa shape index (κ3) is 2.70. The summed E-state index contributed by atoms with van der Waals surface area (Å²) in [5.74, 6) is -0.320. The summed E-state index contributed by atoms with van der Waals surface area (Å²) < 4.78 is 13.3. The van der Waals surface area contributed by atoms with Gasteiger partial charge in [-0.15, -0.1) is 11.3 Å². The fourth-order valence-corrected chi connectivity index (χ4v) is 2.03. The molecular weight excluding hydrogens is 233 g/mol. The number of halogens is 2. The van der Waals surface area contributed by atoms with Crippen LogP contribution in [-0.4, -0.2) is 0 Å². The molecule has 4 heteroatoms. The summed E-state index contributed by atoms with van der Waals surface area (Å²) in [6.45, 7) is 0.635. The molecule has 0 unspecified atom stereocenters. The van der Waals surface area contributed by atoms with Crippen molar-refractivity contribution in [3.05, 3.63) is 51.4 Å². The first-order valence-electron chi connectivity index (χ1n) is 4.47. The average molecular weight is 242 g/mol. The van der Waals surface area contributed by atoms with Gasteiger partial charge in [0.25, 0.3) is 0 Å². The first kappa shape index (κ1) is 10.5. The number of hydrogen-bond acceptors (Lipinski definition) is 2. The van der Waals surface area contributed by atoms with E-state index in [1.54, 1.807) is 23.5 Å². The number of nitrogens with one attached hydrogen (secondary N) is 1. The second-order valence-corrected chi connectivity index (χ2v) is 4.53. The minimum Gasteiger partial charge on any atom is -0.378 e. The predicted molar refractivity (Wildman–Crippen MR) is 63.1 cm³/mol. The van der Waals surface area contributed by atoms with Crippen molar-refractivity contribution in [3.63, 3.8) is 0 Å². The summed E-state index contributed by atoms with van der Waals surface area (Å²) in [6, 6.07) is 8.59. The van der Waals surface area contributed by atoms with E-state index in [0.29, 0.717) is 17.3 Å². The summed E-state index contributed by atoms with van der Waals surface area (Å²) in [4.78, 5) is 1.17. The SMILES string of the molecule is Fc1cc(Cl)ccc1NCc1cccs1. The molecule has 1 N–H and O–H groups in total. The van der Waals surface area contributed by atoms with Crippen molar-refractivity contribution in [2.24, 2.45) is 0 Å². The van der Waals surface area contributed by atoms with Gasteiger partial charge in [-0.25, -0.2) is 4.39 Å². The van der Waals surface area contributed by atoms with Gasteiger partial charge < -0.3 is 5.32 Å². The molecule has 0 saturated heterocycles. The number of rotatable bonds is 3. The van der Waals surface area contributed by atoms with Crippen LogP contribution < -0.4 is 5.32 Å². The summed E-state index contributed by atoms with van der Waals surface area (Å²) in [5, 5.41) is 5.43. The lowest BCUT2D eigenvalue weighted by Crippen LogP contribution is -1.99. The molecule has 2 rings (SSSR count). The number of anilines is 1. The molecular formula is C11H9ClFNS. The van der Waals surface area contributed by atoms with E-state index in [4.69, 9.17) is 11.6 Å². The number of benzene rings is 1. The number of hydrogen-bond donors (Lipinski definition) is 1. The Hall–Kier alpha value is -1.06. The molecule has 0 aliphatic rings. The molecule has 0 saturated carbocycles. The normalized spacial score (nSPS) is 10.3. The van der Waals surface area contributed by atoms with Crippen LogP contribution in [0.15, 0.2) is 35.7 Å². The molecule has 0 aliphatic heterocycles. The Labute approximate surface area is 96.5 Å². The molecule has 0 fully saturated rings. The highest BCUT2D eigenvalue weighted by atomic mass is 35.5.